The lowest BCUT2D eigenvalue weighted by atomic mass is 10.1. The van der Waals surface area contributed by atoms with Crippen LogP contribution in [-0.4, -0.2) is 25.3 Å². The van der Waals surface area contributed by atoms with Crippen LogP contribution in [0.1, 0.15) is 27.1 Å². The summed E-state index contributed by atoms with van der Waals surface area (Å²) in [5.41, 5.74) is 7.23. The van der Waals surface area contributed by atoms with Crippen molar-refractivity contribution < 1.29 is 14.3 Å². The average Bonchev–Trinajstić information content (AvgIpc) is 2.67. The molecule has 0 saturated carbocycles. The molecule has 0 aliphatic rings. The van der Waals surface area contributed by atoms with Crippen molar-refractivity contribution in [2.75, 3.05) is 19.4 Å². The number of hydrogen-bond donors (Lipinski definition) is 2. The Morgan fingerprint density at radius 2 is 1.77 bits per heavy atom. The molecule has 0 saturated heterocycles. The van der Waals surface area contributed by atoms with Gasteiger partial charge in [0, 0.05) is 29.8 Å². The molecule has 0 spiro atoms. The molecule has 0 atom stereocenters. The second-order valence-corrected chi connectivity index (χ2v) is 5.94. The lowest BCUT2D eigenvalue weighted by molar-refractivity contribution is 0.0940. The van der Waals surface area contributed by atoms with E-state index in [0.29, 0.717) is 22.6 Å². The molecule has 0 aliphatic carbocycles. The van der Waals surface area contributed by atoms with Crippen LogP contribution >= 0.6 is 0 Å². The number of nitrogens with one attached hydrogen (secondary N) is 1. The Hall–Kier alpha value is -3.34. The van der Waals surface area contributed by atoms with Crippen molar-refractivity contribution >= 4 is 28.2 Å². The quantitative estimate of drug-likeness (QED) is 0.528. The Kier molecular flexibility index (Phi) is 5.17. The number of carbonyl (C=O) groups is 2. The zero-order valence-electron chi connectivity index (χ0n) is 14.5. The topological polar surface area (TPSA) is 81.4 Å². The molecular weight excluding hydrogens is 328 g/mol. The lowest BCUT2D eigenvalue weighted by Gasteiger charge is -2.09. The van der Waals surface area contributed by atoms with E-state index in [-0.39, 0.29) is 24.7 Å². The van der Waals surface area contributed by atoms with Crippen LogP contribution in [0.4, 0.5) is 5.69 Å². The molecule has 3 aromatic rings. The Bertz CT molecular complexity index is 966. The smallest absolute Gasteiger partial charge is 0.251 e. The minimum absolute atomic E-state index is 0.139. The van der Waals surface area contributed by atoms with Gasteiger partial charge in [0.25, 0.3) is 5.91 Å². The molecule has 1 amide bonds. The summed E-state index contributed by atoms with van der Waals surface area (Å²) in [5.74, 6) is 0.227. The summed E-state index contributed by atoms with van der Waals surface area (Å²) in [7, 11) is 1.53. The van der Waals surface area contributed by atoms with Crippen LogP contribution < -0.4 is 15.8 Å². The monoisotopic (exact) mass is 348 g/mol. The first kappa shape index (κ1) is 17.5. The van der Waals surface area contributed by atoms with Gasteiger partial charge in [0.2, 0.25) is 0 Å². The fourth-order valence-electron chi connectivity index (χ4n) is 2.76. The highest BCUT2D eigenvalue weighted by Gasteiger charge is 2.12. The van der Waals surface area contributed by atoms with E-state index in [1.165, 1.54) is 7.11 Å². The molecule has 3 rings (SSSR count). The third-order valence-corrected chi connectivity index (χ3v) is 4.21. The molecule has 0 fully saturated rings. The third-order valence-electron chi connectivity index (χ3n) is 4.21. The van der Waals surface area contributed by atoms with E-state index in [0.717, 1.165) is 10.8 Å². The number of hydrogen-bond acceptors (Lipinski definition) is 4. The summed E-state index contributed by atoms with van der Waals surface area (Å²) in [5, 5.41) is 4.86. The van der Waals surface area contributed by atoms with E-state index in [9.17, 15) is 9.59 Å². The molecule has 0 bridgehead atoms. The van der Waals surface area contributed by atoms with E-state index >= 15 is 0 Å². The highest BCUT2D eigenvalue weighted by molar-refractivity contribution is 6.02. The number of nitrogens with two attached hydrogens (primary N) is 1. The van der Waals surface area contributed by atoms with Crippen LogP contribution in [0, 0.1) is 0 Å². The first-order valence-corrected chi connectivity index (χ1v) is 8.32. The number of Topliss-reactive ketones (excluding diaryl/α,β-unsaturated/α-hetero) is 1. The van der Waals surface area contributed by atoms with Gasteiger partial charge in [-0.2, -0.15) is 0 Å². The molecule has 0 heterocycles. The van der Waals surface area contributed by atoms with Gasteiger partial charge in [0.15, 0.2) is 5.78 Å². The van der Waals surface area contributed by atoms with E-state index in [2.05, 4.69) is 5.32 Å². The van der Waals surface area contributed by atoms with Crippen LogP contribution in [0.5, 0.6) is 5.75 Å². The van der Waals surface area contributed by atoms with Gasteiger partial charge >= 0.3 is 0 Å². The van der Waals surface area contributed by atoms with Crippen molar-refractivity contribution in [1.82, 2.24) is 5.32 Å². The van der Waals surface area contributed by atoms with Crippen molar-refractivity contribution in [2.24, 2.45) is 0 Å². The van der Waals surface area contributed by atoms with Crippen LogP contribution in [-0.2, 0) is 0 Å². The van der Waals surface area contributed by atoms with Crippen LogP contribution in [0.3, 0.4) is 0 Å². The first-order valence-electron chi connectivity index (χ1n) is 8.32. The predicted molar refractivity (Wildman–Crippen MR) is 103 cm³/mol. The summed E-state index contributed by atoms with van der Waals surface area (Å²) in [4.78, 5) is 24.6. The Morgan fingerprint density at radius 1 is 1.00 bits per heavy atom. The van der Waals surface area contributed by atoms with Gasteiger partial charge in [-0.25, -0.2) is 0 Å². The standard InChI is InChI=1S/C21H20N2O3/c1-26-17-8-9-19(22)18(13-17)20(24)10-11-23-21(25)16-7-6-14-4-2-3-5-15(14)12-16/h2-9,12-13H,10-11,22H2,1H3,(H,23,25). The fraction of sp³-hybridized carbons (Fsp3) is 0.143. The molecule has 5 heteroatoms. The number of ketones is 1. The zero-order chi connectivity index (χ0) is 18.5. The van der Waals surface area contributed by atoms with Crippen molar-refractivity contribution in [3.05, 3.63) is 71.8 Å². The highest BCUT2D eigenvalue weighted by Crippen LogP contribution is 2.21. The summed E-state index contributed by atoms with van der Waals surface area (Å²) in [6, 6.07) is 18.3. The number of nitrogen functional groups attached to an aromatic ring is 1. The van der Waals surface area contributed by atoms with Crippen LogP contribution in [0.25, 0.3) is 10.8 Å². The second-order valence-electron chi connectivity index (χ2n) is 5.94. The summed E-state index contributed by atoms with van der Waals surface area (Å²) >= 11 is 0. The third kappa shape index (κ3) is 3.83. The van der Waals surface area contributed by atoms with Gasteiger partial charge in [0.05, 0.1) is 7.11 Å². The minimum atomic E-state index is -0.206. The molecule has 3 aromatic carbocycles. The van der Waals surface area contributed by atoms with Crippen LogP contribution in [0.2, 0.25) is 0 Å². The predicted octanol–water partition coefficient (Wildman–Crippen LogP) is 3.43. The maximum atomic E-state index is 12.3. The number of fused-ring (bicyclic) bond motifs is 1. The van der Waals surface area contributed by atoms with E-state index < -0.39 is 0 Å². The number of ether oxygens (including phenoxy) is 1. The SMILES string of the molecule is COc1ccc(N)c(C(=O)CCNC(=O)c2ccc3ccccc3c2)c1. The normalized spacial score (nSPS) is 10.5. The number of amides is 1. The molecule has 0 radical (unpaired) electrons. The van der Waals surface area contributed by atoms with Gasteiger partial charge in [-0.3, -0.25) is 9.59 Å². The maximum absolute atomic E-state index is 12.3. The summed E-state index contributed by atoms with van der Waals surface area (Å²) in [6.07, 6.45) is 0.163. The van der Waals surface area contributed by atoms with E-state index in [1.54, 1.807) is 24.3 Å². The number of methoxy groups -OCH3 is 1. The van der Waals surface area contributed by atoms with Crippen LogP contribution in [0.15, 0.2) is 60.7 Å². The number of anilines is 1. The van der Waals surface area contributed by atoms with Gasteiger partial charge in [-0.1, -0.05) is 30.3 Å². The molecule has 26 heavy (non-hydrogen) atoms. The minimum Gasteiger partial charge on any atom is -0.497 e. The van der Waals surface area contributed by atoms with Crippen molar-refractivity contribution in [3.63, 3.8) is 0 Å². The van der Waals surface area contributed by atoms with Gasteiger partial charge in [-0.15, -0.1) is 0 Å². The number of rotatable bonds is 6. The first-order chi connectivity index (χ1) is 12.6. The maximum Gasteiger partial charge on any atom is 0.251 e. The Balaban J connectivity index is 1.61. The number of carbonyl (C=O) groups excluding carboxylic acids is 2. The largest absolute Gasteiger partial charge is 0.497 e. The van der Waals surface area contributed by atoms with Crippen molar-refractivity contribution in [1.29, 1.82) is 0 Å². The zero-order valence-corrected chi connectivity index (χ0v) is 14.5. The van der Waals surface area contributed by atoms with Gasteiger partial charge in [-0.05, 0) is 41.1 Å². The molecule has 132 valence electrons. The fourth-order valence-corrected chi connectivity index (χ4v) is 2.76. The molecular formula is C21H20N2O3. The van der Waals surface area contributed by atoms with E-state index in [4.69, 9.17) is 10.5 Å². The Labute approximate surface area is 151 Å². The molecule has 5 nitrogen and oxygen atoms in total. The molecule has 3 N–H and O–H groups in total. The summed E-state index contributed by atoms with van der Waals surface area (Å²) in [6.45, 7) is 0.237. The second kappa shape index (κ2) is 7.70. The molecule has 0 aromatic heterocycles. The molecule has 0 unspecified atom stereocenters. The lowest BCUT2D eigenvalue weighted by Crippen LogP contribution is -2.26. The van der Waals surface area contributed by atoms with Crippen molar-refractivity contribution in [2.45, 2.75) is 6.42 Å². The average molecular weight is 348 g/mol. The van der Waals surface area contributed by atoms with Crippen molar-refractivity contribution in [3.8, 4) is 5.75 Å². The van der Waals surface area contributed by atoms with E-state index in [1.807, 2.05) is 36.4 Å². The summed E-state index contributed by atoms with van der Waals surface area (Å²) < 4.78 is 5.12. The Morgan fingerprint density at radius 3 is 2.54 bits per heavy atom. The highest BCUT2D eigenvalue weighted by atomic mass is 16.5. The number of benzene rings is 3. The van der Waals surface area contributed by atoms with Gasteiger partial charge < -0.3 is 15.8 Å². The van der Waals surface area contributed by atoms with Gasteiger partial charge in [0.1, 0.15) is 5.75 Å². The molecule has 0 aliphatic heterocycles.